The van der Waals surface area contributed by atoms with Crippen LogP contribution in [0, 0.1) is 0 Å². The Morgan fingerprint density at radius 1 is 1.35 bits per heavy atom. The van der Waals surface area contributed by atoms with Crippen molar-refractivity contribution in [3.8, 4) is 0 Å². The zero-order valence-electron chi connectivity index (χ0n) is 11.3. The second-order valence-corrected chi connectivity index (χ2v) is 6.07. The second-order valence-electron chi connectivity index (χ2n) is 6.07. The van der Waals surface area contributed by atoms with E-state index in [1.807, 2.05) is 11.9 Å². The van der Waals surface area contributed by atoms with E-state index >= 15 is 0 Å². The van der Waals surface area contributed by atoms with Crippen LogP contribution >= 0.6 is 0 Å². The summed E-state index contributed by atoms with van der Waals surface area (Å²) in [6.45, 7) is 5.66. The minimum Gasteiger partial charge on any atom is -0.338 e. The van der Waals surface area contributed by atoms with Crippen LogP contribution in [0.1, 0.15) is 39.5 Å². The van der Waals surface area contributed by atoms with Crippen molar-refractivity contribution in [1.29, 1.82) is 0 Å². The minimum absolute atomic E-state index is 0.0780. The molecule has 0 radical (unpaired) electrons. The highest BCUT2D eigenvalue weighted by atomic mass is 16.2. The van der Waals surface area contributed by atoms with Gasteiger partial charge in [0.15, 0.2) is 0 Å². The lowest BCUT2D eigenvalue weighted by Gasteiger charge is -2.50. The van der Waals surface area contributed by atoms with Crippen LogP contribution in [0.25, 0.3) is 0 Å². The van der Waals surface area contributed by atoms with Crippen LogP contribution < -0.4 is 5.73 Å². The molecule has 1 heterocycles. The van der Waals surface area contributed by atoms with E-state index < -0.39 is 0 Å². The van der Waals surface area contributed by atoms with Gasteiger partial charge in [0.1, 0.15) is 6.04 Å². The van der Waals surface area contributed by atoms with Crippen molar-refractivity contribution in [3.63, 3.8) is 0 Å². The Morgan fingerprint density at radius 2 is 1.94 bits per heavy atom. The molecule has 1 amide bonds. The molecule has 1 aliphatic heterocycles. The van der Waals surface area contributed by atoms with E-state index in [9.17, 15) is 4.79 Å². The van der Waals surface area contributed by atoms with Gasteiger partial charge in [-0.15, -0.1) is 0 Å². The van der Waals surface area contributed by atoms with Gasteiger partial charge in [0, 0.05) is 31.7 Å². The quantitative estimate of drug-likeness (QED) is 0.776. The Labute approximate surface area is 104 Å². The third kappa shape index (κ3) is 2.20. The number of hydrogen-bond acceptors (Lipinski definition) is 3. The summed E-state index contributed by atoms with van der Waals surface area (Å²) < 4.78 is 0. The Hall–Kier alpha value is -0.610. The first-order valence-electron chi connectivity index (χ1n) is 6.71. The molecule has 1 saturated carbocycles. The van der Waals surface area contributed by atoms with Crippen molar-refractivity contribution < 1.29 is 4.79 Å². The van der Waals surface area contributed by atoms with Crippen LogP contribution in [-0.4, -0.2) is 53.5 Å². The monoisotopic (exact) mass is 239 g/mol. The SMILES string of the molecule is CN1C(=O)C(CN)N(C2CCCC2)CC1(C)C. The molecule has 0 aromatic carbocycles. The first kappa shape index (κ1) is 12.8. The minimum atomic E-state index is -0.101. The maximum atomic E-state index is 12.3. The number of nitrogens with two attached hydrogens (primary N) is 1. The number of hydrogen-bond donors (Lipinski definition) is 1. The van der Waals surface area contributed by atoms with Gasteiger partial charge in [-0.3, -0.25) is 9.69 Å². The molecule has 2 aliphatic rings. The number of carbonyl (C=O) groups excluding carboxylic acids is 1. The average molecular weight is 239 g/mol. The number of rotatable bonds is 2. The summed E-state index contributed by atoms with van der Waals surface area (Å²) in [4.78, 5) is 16.6. The first-order valence-corrected chi connectivity index (χ1v) is 6.71. The third-order valence-electron chi connectivity index (χ3n) is 4.51. The highest BCUT2D eigenvalue weighted by Gasteiger charge is 2.44. The largest absolute Gasteiger partial charge is 0.338 e. The molecule has 1 atom stereocenters. The zero-order chi connectivity index (χ0) is 12.6. The van der Waals surface area contributed by atoms with Gasteiger partial charge >= 0.3 is 0 Å². The fraction of sp³-hybridized carbons (Fsp3) is 0.923. The molecule has 2 N–H and O–H groups in total. The van der Waals surface area contributed by atoms with Crippen LogP contribution in [0.4, 0.5) is 0 Å². The van der Waals surface area contributed by atoms with Crippen molar-refractivity contribution in [2.75, 3.05) is 20.1 Å². The van der Waals surface area contributed by atoms with Gasteiger partial charge in [-0.25, -0.2) is 0 Å². The Kier molecular flexibility index (Phi) is 3.46. The van der Waals surface area contributed by atoms with E-state index in [2.05, 4.69) is 18.7 Å². The number of likely N-dealkylation sites (N-methyl/N-ethyl adjacent to an activating group) is 1. The van der Waals surface area contributed by atoms with E-state index in [4.69, 9.17) is 5.73 Å². The van der Waals surface area contributed by atoms with Gasteiger partial charge in [0.25, 0.3) is 0 Å². The molecule has 4 nitrogen and oxygen atoms in total. The van der Waals surface area contributed by atoms with Gasteiger partial charge in [0.05, 0.1) is 0 Å². The topological polar surface area (TPSA) is 49.6 Å². The maximum absolute atomic E-state index is 12.3. The molecule has 0 bridgehead atoms. The smallest absolute Gasteiger partial charge is 0.241 e. The van der Waals surface area contributed by atoms with Gasteiger partial charge in [-0.2, -0.15) is 0 Å². The molecule has 0 aromatic heterocycles. The third-order valence-corrected chi connectivity index (χ3v) is 4.51. The molecular weight excluding hydrogens is 214 g/mol. The molecule has 17 heavy (non-hydrogen) atoms. The lowest BCUT2D eigenvalue weighted by Crippen LogP contribution is -2.68. The number of carbonyl (C=O) groups is 1. The van der Waals surface area contributed by atoms with Crippen LogP contribution in [-0.2, 0) is 4.79 Å². The van der Waals surface area contributed by atoms with E-state index in [1.165, 1.54) is 25.7 Å². The summed E-state index contributed by atoms with van der Waals surface area (Å²) in [5, 5.41) is 0. The molecular formula is C13H25N3O. The molecule has 1 aliphatic carbocycles. The second kappa shape index (κ2) is 4.58. The number of nitrogens with zero attached hydrogens (tertiary/aromatic N) is 2. The zero-order valence-corrected chi connectivity index (χ0v) is 11.3. The van der Waals surface area contributed by atoms with Crippen LogP contribution in [0.2, 0.25) is 0 Å². The fourth-order valence-electron chi connectivity index (χ4n) is 3.18. The summed E-state index contributed by atoms with van der Waals surface area (Å²) in [6.07, 6.45) is 5.04. The van der Waals surface area contributed by atoms with Gasteiger partial charge < -0.3 is 10.6 Å². The number of amides is 1. The predicted octanol–water partition coefficient (Wildman–Crippen LogP) is 0.809. The van der Waals surface area contributed by atoms with Crippen molar-refractivity contribution >= 4 is 5.91 Å². The lowest BCUT2D eigenvalue weighted by molar-refractivity contribution is -0.150. The summed E-state index contributed by atoms with van der Waals surface area (Å²) in [6, 6.07) is 0.469. The summed E-state index contributed by atoms with van der Waals surface area (Å²) >= 11 is 0. The van der Waals surface area contributed by atoms with E-state index in [0.717, 1.165) is 6.54 Å². The maximum Gasteiger partial charge on any atom is 0.241 e. The lowest BCUT2D eigenvalue weighted by atomic mass is 9.93. The predicted molar refractivity (Wildman–Crippen MR) is 68.7 cm³/mol. The van der Waals surface area contributed by atoms with Crippen LogP contribution in [0.5, 0.6) is 0 Å². The average Bonchev–Trinajstić information content (AvgIpc) is 2.79. The Morgan fingerprint density at radius 3 is 2.47 bits per heavy atom. The molecule has 1 saturated heterocycles. The van der Waals surface area contributed by atoms with Crippen molar-refractivity contribution in [2.45, 2.75) is 57.2 Å². The van der Waals surface area contributed by atoms with E-state index in [0.29, 0.717) is 12.6 Å². The first-order chi connectivity index (χ1) is 7.97. The molecule has 0 aromatic rings. The normalized spacial score (nSPS) is 31.2. The fourth-order valence-corrected chi connectivity index (χ4v) is 3.18. The van der Waals surface area contributed by atoms with Crippen molar-refractivity contribution in [2.24, 2.45) is 5.73 Å². The van der Waals surface area contributed by atoms with Crippen molar-refractivity contribution in [3.05, 3.63) is 0 Å². The number of piperazine rings is 1. The van der Waals surface area contributed by atoms with Gasteiger partial charge in [-0.1, -0.05) is 12.8 Å². The Balaban J connectivity index is 2.20. The molecule has 2 rings (SSSR count). The molecule has 0 spiro atoms. The summed E-state index contributed by atoms with van der Waals surface area (Å²) in [7, 11) is 1.90. The molecule has 98 valence electrons. The molecule has 4 heteroatoms. The molecule has 2 fully saturated rings. The molecule has 1 unspecified atom stereocenters. The highest BCUT2D eigenvalue weighted by Crippen LogP contribution is 2.31. The van der Waals surface area contributed by atoms with Gasteiger partial charge in [-0.05, 0) is 26.7 Å². The van der Waals surface area contributed by atoms with Crippen LogP contribution in [0.3, 0.4) is 0 Å². The van der Waals surface area contributed by atoms with Gasteiger partial charge in [0.2, 0.25) is 5.91 Å². The Bertz CT molecular complexity index is 297. The van der Waals surface area contributed by atoms with E-state index in [-0.39, 0.29) is 17.5 Å². The van der Waals surface area contributed by atoms with E-state index in [1.54, 1.807) is 0 Å². The van der Waals surface area contributed by atoms with Crippen molar-refractivity contribution in [1.82, 2.24) is 9.80 Å². The standard InChI is InChI=1S/C13H25N3O/c1-13(2)9-16(10-6-4-5-7-10)11(8-14)12(17)15(13)3/h10-11H,4-9,14H2,1-3H3. The highest BCUT2D eigenvalue weighted by molar-refractivity contribution is 5.83. The summed E-state index contributed by atoms with van der Waals surface area (Å²) in [5.41, 5.74) is 5.74. The van der Waals surface area contributed by atoms with Crippen LogP contribution in [0.15, 0.2) is 0 Å². The summed E-state index contributed by atoms with van der Waals surface area (Å²) in [5.74, 6) is 0.190.